The Hall–Kier alpha value is -2.96. The van der Waals surface area contributed by atoms with Gasteiger partial charge in [0.1, 0.15) is 6.33 Å². The van der Waals surface area contributed by atoms with E-state index in [9.17, 15) is 4.79 Å². The molecule has 0 aliphatic carbocycles. The second-order valence-corrected chi connectivity index (χ2v) is 5.78. The van der Waals surface area contributed by atoms with Gasteiger partial charge in [-0.3, -0.25) is 4.79 Å². The summed E-state index contributed by atoms with van der Waals surface area (Å²) >= 11 is 0. The van der Waals surface area contributed by atoms with E-state index in [-0.39, 0.29) is 5.91 Å². The van der Waals surface area contributed by atoms with Crippen molar-refractivity contribution < 1.29 is 4.79 Å². The fourth-order valence-corrected chi connectivity index (χ4v) is 2.60. The Labute approximate surface area is 126 Å². The van der Waals surface area contributed by atoms with Crippen molar-refractivity contribution in [2.24, 2.45) is 0 Å². The Morgan fingerprint density at radius 2 is 2.14 bits per heavy atom. The van der Waals surface area contributed by atoms with Crippen LogP contribution in [0.4, 0.5) is 17.3 Å². The highest BCUT2D eigenvalue weighted by molar-refractivity contribution is 6.06. The maximum atomic E-state index is 12.0. The molecule has 1 amide bonds. The summed E-state index contributed by atoms with van der Waals surface area (Å²) < 4.78 is 1.60. The molecule has 7 nitrogen and oxygen atoms in total. The van der Waals surface area contributed by atoms with Gasteiger partial charge in [0.2, 0.25) is 11.9 Å². The van der Waals surface area contributed by atoms with Crippen LogP contribution in [0.25, 0.3) is 5.65 Å². The maximum absolute atomic E-state index is 12.0. The monoisotopic (exact) mass is 294 g/mol. The lowest BCUT2D eigenvalue weighted by Gasteiger charge is -2.14. The van der Waals surface area contributed by atoms with Crippen molar-refractivity contribution in [2.75, 3.05) is 10.6 Å². The first-order valence-corrected chi connectivity index (χ1v) is 6.93. The summed E-state index contributed by atoms with van der Waals surface area (Å²) in [6, 6.07) is 7.55. The van der Waals surface area contributed by atoms with Crippen LogP contribution < -0.4 is 10.6 Å². The number of fused-ring (bicyclic) bond motifs is 2. The van der Waals surface area contributed by atoms with Gasteiger partial charge >= 0.3 is 0 Å². The van der Waals surface area contributed by atoms with Crippen molar-refractivity contribution in [3.63, 3.8) is 0 Å². The van der Waals surface area contributed by atoms with Crippen LogP contribution in [-0.4, -0.2) is 25.5 Å². The van der Waals surface area contributed by atoms with Gasteiger partial charge in [-0.1, -0.05) is 6.07 Å². The van der Waals surface area contributed by atoms with Crippen molar-refractivity contribution in [2.45, 2.75) is 19.3 Å². The highest BCUT2D eigenvalue weighted by atomic mass is 16.2. The quantitative estimate of drug-likeness (QED) is 0.756. The molecule has 2 N–H and O–H groups in total. The van der Waals surface area contributed by atoms with Crippen LogP contribution in [0.5, 0.6) is 0 Å². The number of hydrogen-bond acceptors (Lipinski definition) is 5. The number of benzene rings is 1. The number of anilines is 3. The third-order valence-corrected chi connectivity index (χ3v) is 3.91. The van der Waals surface area contributed by atoms with Crippen LogP contribution in [-0.2, 0) is 10.2 Å². The molecule has 0 bridgehead atoms. The topological polar surface area (TPSA) is 84.2 Å². The molecule has 3 heterocycles. The Kier molecular flexibility index (Phi) is 2.47. The predicted octanol–water partition coefficient (Wildman–Crippen LogP) is 2.10. The molecular weight excluding hydrogens is 280 g/mol. The SMILES string of the molecule is CC1(C)C(=O)Nc2cc(Nc3nc4ccncn4n3)ccc21. The number of nitrogens with zero attached hydrogens (tertiary/aromatic N) is 4. The Balaban J connectivity index is 1.67. The molecule has 2 aromatic heterocycles. The number of nitrogens with one attached hydrogen (secondary N) is 2. The van der Waals surface area contributed by atoms with E-state index in [0.29, 0.717) is 11.6 Å². The number of rotatable bonds is 2. The van der Waals surface area contributed by atoms with Crippen LogP contribution >= 0.6 is 0 Å². The van der Waals surface area contributed by atoms with Crippen molar-refractivity contribution in [1.82, 2.24) is 19.6 Å². The Morgan fingerprint density at radius 1 is 1.27 bits per heavy atom. The van der Waals surface area contributed by atoms with E-state index in [1.807, 2.05) is 32.0 Å². The number of hydrogen-bond donors (Lipinski definition) is 2. The number of carbonyl (C=O) groups is 1. The van der Waals surface area contributed by atoms with Gasteiger partial charge in [-0.2, -0.15) is 4.98 Å². The van der Waals surface area contributed by atoms with Crippen LogP contribution in [0.15, 0.2) is 36.8 Å². The van der Waals surface area contributed by atoms with Gasteiger partial charge in [-0.25, -0.2) is 9.50 Å². The fraction of sp³-hybridized carbons (Fsp3) is 0.200. The lowest BCUT2D eigenvalue weighted by Crippen LogP contribution is -2.26. The maximum Gasteiger partial charge on any atom is 0.247 e. The zero-order valence-corrected chi connectivity index (χ0v) is 12.2. The van der Waals surface area contributed by atoms with E-state index in [0.717, 1.165) is 16.9 Å². The van der Waals surface area contributed by atoms with E-state index >= 15 is 0 Å². The minimum Gasteiger partial charge on any atom is -0.325 e. The summed E-state index contributed by atoms with van der Waals surface area (Å²) in [6.45, 7) is 3.83. The van der Waals surface area contributed by atoms with Crippen LogP contribution in [0.1, 0.15) is 19.4 Å². The minimum atomic E-state index is -0.499. The molecule has 110 valence electrons. The molecule has 0 radical (unpaired) electrons. The minimum absolute atomic E-state index is 0.0107. The molecule has 1 aliphatic heterocycles. The molecule has 0 saturated heterocycles. The Bertz CT molecular complexity index is 865. The lowest BCUT2D eigenvalue weighted by molar-refractivity contribution is -0.119. The zero-order valence-electron chi connectivity index (χ0n) is 12.2. The van der Waals surface area contributed by atoms with Crippen molar-refractivity contribution in [1.29, 1.82) is 0 Å². The summed E-state index contributed by atoms with van der Waals surface area (Å²) in [5.74, 6) is 0.494. The second kappa shape index (κ2) is 4.27. The molecular formula is C15H14N6O. The van der Waals surface area contributed by atoms with E-state index in [2.05, 4.69) is 25.7 Å². The molecule has 0 atom stereocenters. The summed E-state index contributed by atoms with van der Waals surface area (Å²) in [5.41, 5.74) is 2.86. The predicted molar refractivity (Wildman–Crippen MR) is 82.2 cm³/mol. The van der Waals surface area contributed by atoms with Gasteiger partial charge in [0, 0.05) is 23.6 Å². The fourth-order valence-electron chi connectivity index (χ4n) is 2.60. The van der Waals surface area contributed by atoms with Gasteiger partial charge in [0.05, 0.1) is 5.41 Å². The van der Waals surface area contributed by atoms with Gasteiger partial charge in [0.15, 0.2) is 5.65 Å². The normalized spacial score (nSPS) is 15.6. The molecule has 3 aromatic rings. The highest BCUT2D eigenvalue weighted by Gasteiger charge is 2.38. The van der Waals surface area contributed by atoms with Crippen molar-refractivity contribution in [3.05, 3.63) is 42.4 Å². The first kappa shape index (κ1) is 12.8. The Morgan fingerprint density at radius 3 is 2.95 bits per heavy atom. The second-order valence-electron chi connectivity index (χ2n) is 5.78. The average molecular weight is 294 g/mol. The summed E-state index contributed by atoms with van der Waals surface area (Å²) in [7, 11) is 0. The van der Waals surface area contributed by atoms with Crippen LogP contribution in [0, 0.1) is 0 Å². The summed E-state index contributed by atoms with van der Waals surface area (Å²) in [4.78, 5) is 20.3. The van der Waals surface area contributed by atoms with E-state index < -0.39 is 5.41 Å². The molecule has 0 unspecified atom stereocenters. The number of amides is 1. The molecule has 4 rings (SSSR count). The number of carbonyl (C=O) groups excluding carboxylic acids is 1. The summed E-state index contributed by atoms with van der Waals surface area (Å²) in [5, 5.41) is 10.3. The standard InChI is InChI=1S/C15H14N6O/c1-15(2)10-4-3-9(7-11(10)18-13(15)22)17-14-19-12-5-6-16-8-21(12)20-14/h3-8H,1-2H3,(H,17,20)(H,18,22). The number of aromatic nitrogens is 4. The molecule has 1 aromatic carbocycles. The van der Waals surface area contributed by atoms with Crippen molar-refractivity contribution >= 4 is 28.9 Å². The summed E-state index contributed by atoms with van der Waals surface area (Å²) in [6.07, 6.45) is 3.26. The molecule has 22 heavy (non-hydrogen) atoms. The smallest absolute Gasteiger partial charge is 0.247 e. The van der Waals surface area contributed by atoms with Crippen molar-refractivity contribution in [3.8, 4) is 0 Å². The van der Waals surface area contributed by atoms with E-state index in [4.69, 9.17) is 0 Å². The largest absolute Gasteiger partial charge is 0.325 e. The van der Waals surface area contributed by atoms with Gasteiger partial charge in [-0.05, 0) is 31.5 Å². The van der Waals surface area contributed by atoms with Crippen LogP contribution in [0.2, 0.25) is 0 Å². The van der Waals surface area contributed by atoms with Gasteiger partial charge < -0.3 is 10.6 Å². The molecule has 7 heteroatoms. The third kappa shape index (κ3) is 1.82. The first-order valence-electron chi connectivity index (χ1n) is 6.93. The molecule has 0 saturated carbocycles. The molecule has 0 fully saturated rings. The van der Waals surface area contributed by atoms with E-state index in [1.54, 1.807) is 23.1 Å². The van der Waals surface area contributed by atoms with Gasteiger partial charge in [0.25, 0.3) is 0 Å². The average Bonchev–Trinajstić information content (AvgIpc) is 2.98. The van der Waals surface area contributed by atoms with E-state index in [1.165, 1.54) is 0 Å². The molecule has 1 aliphatic rings. The highest BCUT2D eigenvalue weighted by Crippen LogP contribution is 2.38. The lowest BCUT2D eigenvalue weighted by atomic mass is 9.86. The zero-order chi connectivity index (χ0) is 15.3. The van der Waals surface area contributed by atoms with Gasteiger partial charge in [-0.15, -0.1) is 5.10 Å². The van der Waals surface area contributed by atoms with Crippen LogP contribution in [0.3, 0.4) is 0 Å². The molecule has 0 spiro atoms. The first-order chi connectivity index (χ1) is 10.5. The third-order valence-electron chi connectivity index (χ3n) is 3.91.